The van der Waals surface area contributed by atoms with Gasteiger partial charge >= 0.3 is 6.18 Å². The standard InChI is InChI=1S/C24H29ClF3N3O4S/c1-16(2)13-29-23(33)17(3)30(14-18-7-5-9-20(25)11-18)22(32)15-31(36(4,34)35)21-10-6-8-19(12-21)24(26,27)28/h5-12,16-17H,13-15H2,1-4H3,(H,29,33). The van der Waals surface area contributed by atoms with Crippen molar-refractivity contribution in [2.75, 3.05) is 23.7 Å². The third kappa shape index (κ3) is 8.41. The number of anilines is 1. The molecular formula is C24H29ClF3N3O4S. The van der Waals surface area contributed by atoms with Gasteiger partial charge in [-0.2, -0.15) is 13.2 Å². The van der Waals surface area contributed by atoms with Crippen LogP contribution in [0.1, 0.15) is 31.9 Å². The SMILES string of the molecule is CC(C)CNC(=O)C(C)N(Cc1cccc(Cl)c1)C(=O)CN(c1cccc(C(F)(F)F)c1)S(C)(=O)=O. The first kappa shape index (κ1) is 29.4. The average Bonchev–Trinajstić information content (AvgIpc) is 2.77. The van der Waals surface area contributed by atoms with Gasteiger partial charge in [0.25, 0.3) is 0 Å². The van der Waals surface area contributed by atoms with Crippen molar-refractivity contribution in [3.63, 3.8) is 0 Å². The van der Waals surface area contributed by atoms with E-state index in [0.717, 1.165) is 18.4 Å². The summed E-state index contributed by atoms with van der Waals surface area (Å²) in [4.78, 5) is 27.4. The molecule has 2 amide bonds. The molecule has 12 heteroatoms. The molecule has 2 rings (SSSR count). The summed E-state index contributed by atoms with van der Waals surface area (Å²) in [5.74, 6) is -1.08. The third-order valence-electron chi connectivity index (χ3n) is 5.23. The monoisotopic (exact) mass is 547 g/mol. The summed E-state index contributed by atoms with van der Waals surface area (Å²) in [7, 11) is -4.16. The Kier molecular flexibility index (Phi) is 9.78. The molecule has 2 aromatic rings. The maximum Gasteiger partial charge on any atom is 0.416 e. The summed E-state index contributed by atoms with van der Waals surface area (Å²) in [6.07, 6.45) is -3.91. The minimum absolute atomic E-state index is 0.0736. The van der Waals surface area contributed by atoms with Gasteiger partial charge in [0.15, 0.2) is 0 Å². The Morgan fingerprint density at radius 2 is 1.69 bits per heavy atom. The molecule has 0 aliphatic carbocycles. The van der Waals surface area contributed by atoms with Crippen LogP contribution in [0.25, 0.3) is 0 Å². The van der Waals surface area contributed by atoms with Gasteiger partial charge in [-0.1, -0.05) is 43.6 Å². The number of nitrogens with one attached hydrogen (secondary N) is 1. The van der Waals surface area contributed by atoms with Crippen LogP contribution in [-0.2, 0) is 32.3 Å². The summed E-state index contributed by atoms with van der Waals surface area (Å²) in [6, 6.07) is 9.28. The number of carbonyl (C=O) groups is 2. The number of halogens is 4. The van der Waals surface area contributed by atoms with Gasteiger partial charge in [0.05, 0.1) is 17.5 Å². The highest BCUT2D eigenvalue weighted by molar-refractivity contribution is 7.92. The second-order valence-electron chi connectivity index (χ2n) is 8.78. The predicted molar refractivity (Wildman–Crippen MR) is 133 cm³/mol. The molecule has 1 atom stereocenters. The number of sulfonamides is 1. The van der Waals surface area contributed by atoms with Crippen LogP contribution in [-0.4, -0.2) is 50.5 Å². The lowest BCUT2D eigenvalue weighted by molar-refractivity contribution is -0.139. The van der Waals surface area contributed by atoms with Crippen molar-refractivity contribution in [3.05, 3.63) is 64.7 Å². The van der Waals surface area contributed by atoms with Crippen LogP contribution >= 0.6 is 11.6 Å². The van der Waals surface area contributed by atoms with Gasteiger partial charge in [0.1, 0.15) is 12.6 Å². The number of hydrogen-bond donors (Lipinski definition) is 1. The number of amides is 2. The van der Waals surface area contributed by atoms with Crippen LogP contribution in [0.4, 0.5) is 18.9 Å². The van der Waals surface area contributed by atoms with Gasteiger partial charge in [-0.15, -0.1) is 0 Å². The first-order valence-electron chi connectivity index (χ1n) is 11.1. The molecule has 0 aliphatic heterocycles. The quantitative estimate of drug-likeness (QED) is 0.480. The number of alkyl halides is 3. The van der Waals surface area contributed by atoms with Crippen molar-refractivity contribution in [1.29, 1.82) is 0 Å². The summed E-state index contributed by atoms with van der Waals surface area (Å²) in [5.41, 5.74) is -0.789. The molecule has 1 N–H and O–H groups in total. The fourth-order valence-corrected chi connectivity index (χ4v) is 4.37. The van der Waals surface area contributed by atoms with Gasteiger partial charge in [-0.05, 0) is 48.7 Å². The fourth-order valence-electron chi connectivity index (χ4n) is 3.32. The molecular weight excluding hydrogens is 519 g/mol. The fraction of sp³-hybridized carbons (Fsp3) is 0.417. The van der Waals surface area contributed by atoms with E-state index in [1.54, 1.807) is 24.3 Å². The normalized spacial score (nSPS) is 12.8. The highest BCUT2D eigenvalue weighted by atomic mass is 35.5. The Hall–Kier alpha value is -2.79. The van der Waals surface area contributed by atoms with E-state index in [0.29, 0.717) is 27.5 Å². The molecule has 0 saturated carbocycles. The lowest BCUT2D eigenvalue weighted by Crippen LogP contribution is -2.51. The number of rotatable bonds is 10. The number of benzene rings is 2. The predicted octanol–water partition coefficient (Wildman–Crippen LogP) is 4.31. The van der Waals surface area contributed by atoms with E-state index < -0.39 is 46.2 Å². The first-order chi connectivity index (χ1) is 16.6. The molecule has 36 heavy (non-hydrogen) atoms. The van der Waals surface area contributed by atoms with Gasteiger partial charge in [-0.3, -0.25) is 13.9 Å². The largest absolute Gasteiger partial charge is 0.416 e. The second kappa shape index (κ2) is 12.0. The van der Waals surface area contributed by atoms with Crippen molar-refractivity contribution < 1.29 is 31.2 Å². The van der Waals surface area contributed by atoms with Crippen molar-refractivity contribution in [2.24, 2.45) is 5.92 Å². The molecule has 7 nitrogen and oxygen atoms in total. The van der Waals surface area contributed by atoms with E-state index >= 15 is 0 Å². The molecule has 0 heterocycles. The summed E-state index contributed by atoms with van der Waals surface area (Å²) >= 11 is 6.05. The number of hydrogen-bond acceptors (Lipinski definition) is 4. The molecule has 1 unspecified atom stereocenters. The van der Waals surface area contributed by atoms with Crippen molar-refractivity contribution in [3.8, 4) is 0 Å². The van der Waals surface area contributed by atoms with Crippen LogP contribution in [0, 0.1) is 5.92 Å². The Morgan fingerprint density at radius 3 is 2.25 bits per heavy atom. The maximum atomic E-state index is 13.4. The average molecular weight is 548 g/mol. The highest BCUT2D eigenvalue weighted by Crippen LogP contribution is 2.32. The maximum absolute atomic E-state index is 13.4. The van der Waals surface area contributed by atoms with Crippen molar-refractivity contribution in [2.45, 2.75) is 39.5 Å². The highest BCUT2D eigenvalue weighted by Gasteiger charge is 2.33. The Morgan fingerprint density at radius 1 is 1.06 bits per heavy atom. The zero-order chi connectivity index (χ0) is 27.3. The zero-order valence-electron chi connectivity index (χ0n) is 20.3. The van der Waals surface area contributed by atoms with Crippen LogP contribution in [0.5, 0.6) is 0 Å². The molecule has 0 fully saturated rings. The number of carbonyl (C=O) groups excluding carboxylic acids is 2. The summed E-state index contributed by atoms with van der Waals surface area (Å²) < 4.78 is 65.3. The van der Waals surface area contributed by atoms with Gasteiger partial charge < -0.3 is 10.2 Å². The minimum Gasteiger partial charge on any atom is -0.354 e. The Bertz CT molecular complexity index is 1190. The summed E-state index contributed by atoms with van der Waals surface area (Å²) in [6.45, 7) is 4.78. The molecule has 0 aromatic heterocycles. The molecule has 0 radical (unpaired) electrons. The van der Waals surface area contributed by atoms with E-state index in [2.05, 4.69) is 5.32 Å². The van der Waals surface area contributed by atoms with E-state index in [4.69, 9.17) is 11.6 Å². The van der Waals surface area contributed by atoms with Crippen LogP contribution in [0.2, 0.25) is 5.02 Å². The molecule has 0 spiro atoms. The molecule has 0 saturated heterocycles. The van der Waals surface area contributed by atoms with E-state index in [-0.39, 0.29) is 18.2 Å². The third-order valence-corrected chi connectivity index (χ3v) is 6.61. The van der Waals surface area contributed by atoms with Gasteiger partial charge in [0, 0.05) is 18.1 Å². The van der Waals surface area contributed by atoms with Crippen LogP contribution < -0.4 is 9.62 Å². The lowest BCUT2D eigenvalue weighted by Gasteiger charge is -2.31. The number of nitrogens with zero attached hydrogens (tertiary/aromatic N) is 2. The van der Waals surface area contributed by atoms with Crippen molar-refractivity contribution >= 4 is 39.1 Å². The molecule has 2 aromatic carbocycles. The lowest BCUT2D eigenvalue weighted by atomic mass is 10.1. The first-order valence-corrected chi connectivity index (χ1v) is 13.3. The smallest absolute Gasteiger partial charge is 0.354 e. The van der Waals surface area contributed by atoms with Crippen LogP contribution in [0.3, 0.4) is 0 Å². The van der Waals surface area contributed by atoms with Crippen LogP contribution in [0.15, 0.2) is 48.5 Å². The Balaban J connectivity index is 2.42. The summed E-state index contributed by atoms with van der Waals surface area (Å²) in [5, 5.41) is 3.14. The Labute approximate surface area is 214 Å². The zero-order valence-corrected chi connectivity index (χ0v) is 21.9. The van der Waals surface area contributed by atoms with Gasteiger partial charge in [-0.25, -0.2) is 8.42 Å². The molecule has 0 bridgehead atoms. The molecule has 0 aliphatic rings. The van der Waals surface area contributed by atoms with E-state index in [1.807, 2.05) is 13.8 Å². The second-order valence-corrected chi connectivity index (χ2v) is 11.1. The van der Waals surface area contributed by atoms with Gasteiger partial charge in [0.2, 0.25) is 21.8 Å². The van der Waals surface area contributed by atoms with Crippen molar-refractivity contribution in [1.82, 2.24) is 10.2 Å². The molecule has 198 valence electrons. The van der Waals surface area contributed by atoms with E-state index in [9.17, 15) is 31.2 Å². The topological polar surface area (TPSA) is 86.8 Å². The minimum atomic E-state index is -4.70. The van der Waals surface area contributed by atoms with E-state index in [1.165, 1.54) is 17.9 Å².